The van der Waals surface area contributed by atoms with Gasteiger partial charge in [-0.15, -0.1) is 0 Å². The molecular weight excluding hydrogens is 270 g/mol. The number of ether oxygens (including phenoxy) is 1. The fourth-order valence-corrected chi connectivity index (χ4v) is 1.81. The van der Waals surface area contributed by atoms with Gasteiger partial charge in [-0.1, -0.05) is 12.1 Å². The molecule has 0 saturated heterocycles. The third-order valence-corrected chi connectivity index (χ3v) is 2.97. The Labute approximate surface area is 125 Å². The van der Waals surface area contributed by atoms with Crippen LogP contribution in [-0.2, 0) is 16.0 Å². The molecule has 1 atom stereocenters. The smallest absolute Gasteiger partial charge is 0.251 e. The fourth-order valence-electron chi connectivity index (χ4n) is 1.81. The van der Waals surface area contributed by atoms with Crippen molar-refractivity contribution in [2.24, 2.45) is 5.73 Å². The third-order valence-electron chi connectivity index (χ3n) is 2.97. The van der Waals surface area contributed by atoms with Crippen molar-refractivity contribution in [3.63, 3.8) is 0 Å². The van der Waals surface area contributed by atoms with Crippen LogP contribution in [0.15, 0.2) is 24.3 Å². The lowest BCUT2D eigenvalue weighted by Crippen LogP contribution is -2.45. The molecule has 2 amide bonds. The SMILES string of the molecule is COCCNC(=O)C(C)NC(=O)c1cccc(CCN)c1. The summed E-state index contributed by atoms with van der Waals surface area (Å²) in [5.41, 5.74) is 7.03. The van der Waals surface area contributed by atoms with Crippen LogP contribution in [0.4, 0.5) is 0 Å². The van der Waals surface area contributed by atoms with Gasteiger partial charge in [0.05, 0.1) is 6.61 Å². The summed E-state index contributed by atoms with van der Waals surface area (Å²) < 4.78 is 4.85. The number of hydrogen-bond donors (Lipinski definition) is 3. The van der Waals surface area contributed by atoms with Crippen molar-refractivity contribution >= 4 is 11.8 Å². The van der Waals surface area contributed by atoms with Crippen molar-refractivity contribution in [1.82, 2.24) is 10.6 Å². The summed E-state index contributed by atoms with van der Waals surface area (Å²) in [4.78, 5) is 23.9. The van der Waals surface area contributed by atoms with Gasteiger partial charge in [0.15, 0.2) is 0 Å². The van der Waals surface area contributed by atoms with E-state index in [-0.39, 0.29) is 11.8 Å². The van der Waals surface area contributed by atoms with E-state index in [4.69, 9.17) is 10.5 Å². The maximum atomic E-state index is 12.1. The number of hydrogen-bond acceptors (Lipinski definition) is 4. The molecule has 0 spiro atoms. The van der Waals surface area contributed by atoms with E-state index < -0.39 is 6.04 Å². The Bertz CT molecular complexity index is 477. The van der Waals surface area contributed by atoms with Gasteiger partial charge in [0.2, 0.25) is 5.91 Å². The number of nitrogens with two attached hydrogens (primary N) is 1. The van der Waals surface area contributed by atoms with Crippen LogP contribution in [-0.4, -0.2) is 44.7 Å². The van der Waals surface area contributed by atoms with Gasteiger partial charge in [0.25, 0.3) is 5.91 Å². The Kier molecular flexibility index (Phi) is 7.42. The van der Waals surface area contributed by atoms with Gasteiger partial charge in [-0.25, -0.2) is 0 Å². The molecule has 1 aromatic carbocycles. The maximum absolute atomic E-state index is 12.1. The first-order valence-electron chi connectivity index (χ1n) is 6.95. The predicted octanol–water partition coefficient (Wildman–Crippen LogP) is 0.0687. The van der Waals surface area contributed by atoms with Gasteiger partial charge in [-0.3, -0.25) is 9.59 Å². The lowest BCUT2D eigenvalue weighted by molar-refractivity contribution is -0.122. The average molecular weight is 293 g/mol. The molecule has 1 unspecified atom stereocenters. The van der Waals surface area contributed by atoms with Crippen LogP contribution in [0.2, 0.25) is 0 Å². The minimum Gasteiger partial charge on any atom is -0.383 e. The van der Waals surface area contributed by atoms with Gasteiger partial charge in [-0.2, -0.15) is 0 Å². The van der Waals surface area contributed by atoms with Gasteiger partial charge in [0, 0.05) is 19.2 Å². The van der Waals surface area contributed by atoms with Crippen LogP contribution in [0.5, 0.6) is 0 Å². The molecule has 1 aromatic rings. The third kappa shape index (κ3) is 5.93. The highest BCUT2D eigenvalue weighted by Crippen LogP contribution is 2.06. The van der Waals surface area contributed by atoms with Crippen LogP contribution in [0, 0.1) is 0 Å². The zero-order chi connectivity index (χ0) is 15.7. The van der Waals surface area contributed by atoms with E-state index in [0.717, 1.165) is 5.56 Å². The lowest BCUT2D eigenvalue weighted by atomic mass is 10.1. The van der Waals surface area contributed by atoms with E-state index in [0.29, 0.717) is 31.7 Å². The first-order chi connectivity index (χ1) is 10.1. The van der Waals surface area contributed by atoms with Crippen molar-refractivity contribution in [2.45, 2.75) is 19.4 Å². The van der Waals surface area contributed by atoms with Gasteiger partial charge in [-0.05, 0) is 37.6 Å². The van der Waals surface area contributed by atoms with E-state index in [1.165, 1.54) is 0 Å². The standard InChI is InChI=1S/C15H23N3O3/c1-11(14(19)17-8-9-21-2)18-15(20)13-5-3-4-12(10-13)6-7-16/h3-5,10-11H,6-9,16H2,1-2H3,(H,17,19)(H,18,20). The van der Waals surface area contributed by atoms with Gasteiger partial charge < -0.3 is 21.1 Å². The first-order valence-corrected chi connectivity index (χ1v) is 6.95. The molecule has 0 bridgehead atoms. The number of rotatable bonds is 8. The number of amides is 2. The summed E-state index contributed by atoms with van der Waals surface area (Å²) in [6.45, 7) is 3.03. The van der Waals surface area contributed by atoms with Crippen LogP contribution >= 0.6 is 0 Å². The minimum atomic E-state index is -0.604. The zero-order valence-corrected chi connectivity index (χ0v) is 12.5. The molecule has 116 valence electrons. The highest BCUT2D eigenvalue weighted by molar-refractivity contribution is 5.97. The molecule has 0 aliphatic rings. The molecule has 1 rings (SSSR count). The second-order valence-corrected chi connectivity index (χ2v) is 4.72. The van der Waals surface area contributed by atoms with Crippen LogP contribution in [0.3, 0.4) is 0 Å². The summed E-state index contributed by atoms with van der Waals surface area (Å²) in [7, 11) is 1.56. The minimum absolute atomic E-state index is 0.237. The molecule has 0 fully saturated rings. The molecule has 4 N–H and O–H groups in total. The summed E-state index contributed by atoms with van der Waals surface area (Å²) in [5, 5.41) is 5.35. The van der Waals surface area contributed by atoms with Crippen LogP contribution in [0.25, 0.3) is 0 Å². The molecule has 0 aliphatic carbocycles. The second kappa shape index (κ2) is 9.10. The molecule has 21 heavy (non-hydrogen) atoms. The number of benzene rings is 1. The molecule has 0 heterocycles. The van der Waals surface area contributed by atoms with Crippen molar-refractivity contribution in [3.8, 4) is 0 Å². The largest absolute Gasteiger partial charge is 0.383 e. The topological polar surface area (TPSA) is 93.5 Å². The predicted molar refractivity (Wildman–Crippen MR) is 81.0 cm³/mol. The highest BCUT2D eigenvalue weighted by Gasteiger charge is 2.16. The van der Waals surface area contributed by atoms with Crippen molar-refractivity contribution in [1.29, 1.82) is 0 Å². The Morgan fingerprint density at radius 1 is 1.38 bits per heavy atom. The average Bonchev–Trinajstić information content (AvgIpc) is 2.48. The van der Waals surface area contributed by atoms with E-state index in [1.54, 1.807) is 26.2 Å². The summed E-state index contributed by atoms with van der Waals surface area (Å²) in [6, 6.07) is 6.63. The van der Waals surface area contributed by atoms with E-state index in [9.17, 15) is 9.59 Å². The van der Waals surface area contributed by atoms with Crippen molar-refractivity contribution in [3.05, 3.63) is 35.4 Å². The molecular formula is C15H23N3O3. The molecule has 6 nitrogen and oxygen atoms in total. The maximum Gasteiger partial charge on any atom is 0.251 e. The quantitative estimate of drug-likeness (QED) is 0.591. The monoisotopic (exact) mass is 293 g/mol. The Morgan fingerprint density at radius 3 is 2.81 bits per heavy atom. The number of carbonyl (C=O) groups is 2. The Balaban J connectivity index is 2.55. The van der Waals surface area contributed by atoms with Crippen LogP contribution in [0.1, 0.15) is 22.8 Å². The number of carbonyl (C=O) groups excluding carboxylic acids is 2. The number of methoxy groups -OCH3 is 1. The fraction of sp³-hybridized carbons (Fsp3) is 0.467. The Hall–Kier alpha value is -1.92. The van der Waals surface area contributed by atoms with E-state index in [1.807, 2.05) is 12.1 Å². The van der Waals surface area contributed by atoms with Crippen LogP contribution < -0.4 is 16.4 Å². The first kappa shape index (κ1) is 17.1. The van der Waals surface area contributed by atoms with Crippen molar-refractivity contribution in [2.75, 3.05) is 26.8 Å². The summed E-state index contributed by atoms with van der Waals surface area (Å²) in [5.74, 6) is -0.512. The second-order valence-electron chi connectivity index (χ2n) is 4.72. The molecule has 0 radical (unpaired) electrons. The zero-order valence-electron chi connectivity index (χ0n) is 12.5. The van der Waals surface area contributed by atoms with E-state index >= 15 is 0 Å². The van der Waals surface area contributed by atoms with Gasteiger partial charge in [0.1, 0.15) is 6.04 Å². The normalized spacial score (nSPS) is 11.8. The Morgan fingerprint density at radius 2 is 2.14 bits per heavy atom. The summed E-state index contributed by atoms with van der Waals surface area (Å²) in [6.07, 6.45) is 0.716. The molecule has 0 aromatic heterocycles. The lowest BCUT2D eigenvalue weighted by Gasteiger charge is -2.14. The molecule has 0 saturated carbocycles. The van der Waals surface area contributed by atoms with Crippen molar-refractivity contribution < 1.29 is 14.3 Å². The highest BCUT2D eigenvalue weighted by atomic mass is 16.5. The van der Waals surface area contributed by atoms with Gasteiger partial charge >= 0.3 is 0 Å². The summed E-state index contributed by atoms with van der Waals surface area (Å²) >= 11 is 0. The van der Waals surface area contributed by atoms with E-state index in [2.05, 4.69) is 10.6 Å². The molecule has 0 aliphatic heterocycles. The number of nitrogens with one attached hydrogen (secondary N) is 2. The molecule has 6 heteroatoms.